The number of nitrogens with one attached hydrogen (secondary N) is 1. The molecule has 0 saturated carbocycles. The number of anilines is 1. The summed E-state index contributed by atoms with van der Waals surface area (Å²) < 4.78 is 28.1. The van der Waals surface area contributed by atoms with E-state index in [0.29, 0.717) is 17.1 Å². The SMILES string of the molecule is CN(CCCO)S(=O)(=O)Nc1ccc(Br)cc1Cl. The standard InChI is InChI=1S/C10H14BrClN2O3S/c1-14(5-2-6-15)18(16,17)13-10-4-3-8(11)7-9(10)12/h3-4,7,13,15H,2,5-6H2,1H3. The van der Waals surface area contributed by atoms with E-state index >= 15 is 0 Å². The molecule has 8 heteroatoms. The Hall–Kier alpha value is -0.340. The molecule has 1 aromatic carbocycles. The Kier molecular flexibility index (Phi) is 5.87. The lowest BCUT2D eigenvalue weighted by molar-refractivity contribution is 0.276. The Morgan fingerprint density at radius 3 is 2.72 bits per heavy atom. The summed E-state index contributed by atoms with van der Waals surface area (Å²) in [6, 6.07) is 4.87. The highest BCUT2D eigenvalue weighted by atomic mass is 79.9. The molecule has 0 atom stereocenters. The van der Waals surface area contributed by atoms with Gasteiger partial charge in [0.2, 0.25) is 0 Å². The smallest absolute Gasteiger partial charge is 0.301 e. The minimum Gasteiger partial charge on any atom is -0.396 e. The Morgan fingerprint density at radius 2 is 2.17 bits per heavy atom. The summed E-state index contributed by atoms with van der Waals surface area (Å²) in [4.78, 5) is 0. The summed E-state index contributed by atoms with van der Waals surface area (Å²) in [5, 5.41) is 8.99. The van der Waals surface area contributed by atoms with Crippen molar-refractivity contribution in [3.63, 3.8) is 0 Å². The van der Waals surface area contributed by atoms with Crippen molar-refractivity contribution in [3.05, 3.63) is 27.7 Å². The highest BCUT2D eigenvalue weighted by Gasteiger charge is 2.18. The first-order valence-corrected chi connectivity index (χ1v) is 7.78. The van der Waals surface area contributed by atoms with Crippen LogP contribution in [-0.2, 0) is 10.2 Å². The molecule has 0 bridgehead atoms. The van der Waals surface area contributed by atoms with Gasteiger partial charge in [-0.05, 0) is 24.6 Å². The third kappa shape index (κ3) is 4.40. The monoisotopic (exact) mass is 356 g/mol. The molecule has 0 aliphatic carbocycles. The number of aliphatic hydroxyl groups is 1. The van der Waals surface area contributed by atoms with Gasteiger partial charge >= 0.3 is 10.2 Å². The Morgan fingerprint density at radius 1 is 1.50 bits per heavy atom. The molecule has 102 valence electrons. The number of rotatable bonds is 6. The molecular formula is C10H14BrClN2O3S. The predicted octanol–water partition coefficient (Wildman–Crippen LogP) is 2.07. The summed E-state index contributed by atoms with van der Waals surface area (Å²) in [5.74, 6) is 0. The van der Waals surface area contributed by atoms with Gasteiger partial charge in [-0.15, -0.1) is 0 Å². The number of halogens is 2. The number of benzene rings is 1. The third-order valence-electron chi connectivity index (χ3n) is 2.21. The van der Waals surface area contributed by atoms with Crippen LogP contribution >= 0.6 is 27.5 Å². The first-order valence-electron chi connectivity index (χ1n) is 5.17. The van der Waals surface area contributed by atoms with Crippen molar-refractivity contribution in [2.75, 3.05) is 24.9 Å². The van der Waals surface area contributed by atoms with E-state index < -0.39 is 10.2 Å². The first-order chi connectivity index (χ1) is 8.36. The molecule has 0 aromatic heterocycles. The second-order valence-electron chi connectivity index (χ2n) is 3.63. The van der Waals surface area contributed by atoms with Crippen LogP contribution in [0.5, 0.6) is 0 Å². The van der Waals surface area contributed by atoms with Gasteiger partial charge in [0.25, 0.3) is 0 Å². The fourth-order valence-corrected chi connectivity index (χ4v) is 2.96. The summed E-state index contributed by atoms with van der Waals surface area (Å²) in [6.45, 7) is 0.179. The van der Waals surface area contributed by atoms with Crippen LogP contribution in [0.3, 0.4) is 0 Å². The molecule has 2 N–H and O–H groups in total. The average molecular weight is 358 g/mol. The van der Waals surface area contributed by atoms with Gasteiger partial charge in [0.1, 0.15) is 0 Å². The van der Waals surface area contributed by atoms with Gasteiger partial charge in [-0.2, -0.15) is 12.7 Å². The van der Waals surface area contributed by atoms with E-state index in [0.717, 1.165) is 8.78 Å². The highest BCUT2D eigenvalue weighted by molar-refractivity contribution is 9.10. The topological polar surface area (TPSA) is 69.6 Å². The van der Waals surface area contributed by atoms with Crippen LogP contribution < -0.4 is 4.72 Å². The largest absolute Gasteiger partial charge is 0.396 e. The molecule has 0 aliphatic heterocycles. The summed E-state index contributed by atoms with van der Waals surface area (Å²) in [7, 11) is -2.21. The van der Waals surface area contributed by atoms with E-state index in [2.05, 4.69) is 20.7 Å². The second kappa shape index (κ2) is 6.72. The summed E-state index contributed by atoms with van der Waals surface area (Å²) in [6.07, 6.45) is 0.380. The number of hydrogen-bond donors (Lipinski definition) is 2. The predicted molar refractivity (Wildman–Crippen MR) is 76.0 cm³/mol. The lowest BCUT2D eigenvalue weighted by Gasteiger charge is -2.18. The number of nitrogens with zero attached hydrogens (tertiary/aromatic N) is 1. The summed E-state index contributed by atoms with van der Waals surface area (Å²) >= 11 is 9.17. The van der Waals surface area contributed by atoms with E-state index in [1.165, 1.54) is 7.05 Å². The van der Waals surface area contributed by atoms with E-state index in [1.807, 2.05) is 0 Å². The van der Waals surface area contributed by atoms with Crippen molar-refractivity contribution in [2.24, 2.45) is 0 Å². The Labute approximate surface area is 120 Å². The van der Waals surface area contributed by atoms with E-state index in [4.69, 9.17) is 16.7 Å². The van der Waals surface area contributed by atoms with Gasteiger partial charge in [0.15, 0.2) is 0 Å². The highest BCUT2D eigenvalue weighted by Crippen LogP contribution is 2.26. The minimum atomic E-state index is -3.65. The van der Waals surface area contributed by atoms with Gasteiger partial charge in [-0.3, -0.25) is 4.72 Å². The zero-order chi connectivity index (χ0) is 13.8. The van der Waals surface area contributed by atoms with Gasteiger partial charge < -0.3 is 5.11 Å². The van der Waals surface area contributed by atoms with Crippen LogP contribution in [0.15, 0.2) is 22.7 Å². The van der Waals surface area contributed by atoms with Gasteiger partial charge in [0.05, 0.1) is 10.7 Å². The van der Waals surface area contributed by atoms with E-state index in [-0.39, 0.29) is 13.2 Å². The molecule has 0 fully saturated rings. The molecule has 18 heavy (non-hydrogen) atoms. The summed E-state index contributed by atoms with van der Waals surface area (Å²) in [5.41, 5.74) is 0.315. The molecule has 0 spiro atoms. The van der Waals surface area contributed by atoms with Crippen LogP contribution in [0.4, 0.5) is 5.69 Å². The molecule has 1 rings (SSSR count). The molecule has 0 unspecified atom stereocenters. The van der Waals surface area contributed by atoms with Crippen LogP contribution in [0, 0.1) is 0 Å². The van der Waals surface area contributed by atoms with E-state index in [9.17, 15) is 8.42 Å². The van der Waals surface area contributed by atoms with Crippen LogP contribution in [-0.4, -0.2) is 38.0 Å². The quantitative estimate of drug-likeness (QED) is 0.819. The zero-order valence-electron chi connectivity index (χ0n) is 9.73. The number of hydrogen-bond acceptors (Lipinski definition) is 3. The fraction of sp³-hybridized carbons (Fsp3) is 0.400. The lowest BCUT2D eigenvalue weighted by Crippen LogP contribution is -2.33. The maximum atomic E-state index is 11.9. The van der Waals surface area contributed by atoms with Crippen molar-refractivity contribution in [1.29, 1.82) is 0 Å². The van der Waals surface area contributed by atoms with Crippen molar-refractivity contribution >= 4 is 43.4 Å². The molecule has 0 heterocycles. The molecular weight excluding hydrogens is 344 g/mol. The Bertz CT molecular complexity index is 510. The van der Waals surface area contributed by atoms with E-state index in [1.54, 1.807) is 18.2 Å². The lowest BCUT2D eigenvalue weighted by atomic mass is 10.3. The van der Waals surface area contributed by atoms with Crippen LogP contribution in [0.25, 0.3) is 0 Å². The molecule has 0 saturated heterocycles. The van der Waals surface area contributed by atoms with Crippen molar-refractivity contribution < 1.29 is 13.5 Å². The van der Waals surface area contributed by atoms with Crippen molar-refractivity contribution in [3.8, 4) is 0 Å². The minimum absolute atomic E-state index is 0.0566. The molecule has 0 amide bonds. The van der Waals surface area contributed by atoms with Crippen molar-refractivity contribution in [1.82, 2.24) is 4.31 Å². The van der Waals surface area contributed by atoms with Crippen LogP contribution in [0.1, 0.15) is 6.42 Å². The third-order valence-corrected chi connectivity index (χ3v) is 4.50. The molecule has 1 aromatic rings. The maximum absolute atomic E-state index is 11.9. The molecule has 0 radical (unpaired) electrons. The second-order valence-corrected chi connectivity index (χ2v) is 6.73. The maximum Gasteiger partial charge on any atom is 0.301 e. The fourth-order valence-electron chi connectivity index (χ4n) is 1.20. The van der Waals surface area contributed by atoms with Gasteiger partial charge in [-0.1, -0.05) is 27.5 Å². The zero-order valence-corrected chi connectivity index (χ0v) is 12.9. The molecule has 5 nitrogen and oxygen atoms in total. The van der Waals surface area contributed by atoms with Gasteiger partial charge in [0, 0.05) is 24.7 Å². The van der Waals surface area contributed by atoms with Gasteiger partial charge in [-0.25, -0.2) is 0 Å². The normalized spacial score (nSPS) is 11.8. The van der Waals surface area contributed by atoms with Crippen molar-refractivity contribution in [2.45, 2.75) is 6.42 Å². The number of aliphatic hydroxyl groups excluding tert-OH is 1. The first kappa shape index (κ1) is 15.7. The average Bonchev–Trinajstić information content (AvgIpc) is 2.29. The van der Waals surface area contributed by atoms with Crippen LogP contribution in [0.2, 0.25) is 5.02 Å². The molecule has 0 aliphatic rings. The Balaban J connectivity index is 2.82.